The van der Waals surface area contributed by atoms with Crippen molar-refractivity contribution in [2.45, 2.75) is 74.2 Å². The van der Waals surface area contributed by atoms with Crippen molar-refractivity contribution in [1.82, 2.24) is 15.2 Å². The summed E-state index contributed by atoms with van der Waals surface area (Å²) in [7, 11) is 0. The van der Waals surface area contributed by atoms with Crippen molar-refractivity contribution >= 4 is 11.6 Å². The molecule has 33 heavy (non-hydrogen) atoms. The van der Waals surface area contributed by atoms with E-state index in [4.69, 9.17) is 4.74 Å². The molecule has 3 aliphatic heterocycles. The average Bonchev–Trinajstić information content (AvgIpc) is 3.49. The summed E-state index contributed by atoms with van der Waals surface area (Å²) in [6.45, 7) is 1.67. The number of carbonyl (C=O) groups is 1. The molecule has 6 atom stereocenters. The normalized spacial score (nSPS) is 36.6. The van der Waals surface area contributed by atoms with E-state index in [1.165, 1.54) is 0 Å². The molecule has 1 aliphatic carbocycles. The molecule has 1 amide bonds. The number of amides is 1. The molecule has 4 heterocycles. The van der Waals surface area contributed by atoms with Crippen LogP contribution in [0, 0.1) is 0 Å². The molecule has 1 saturated carbocycles. The first-order chi connectivity index (χ1) is 15.6. The van der Waals surface area contributed by atoms with Gasteiger partial charge in [-0.1, -0.05) is 0 Å². The van der Waals surface area contributed by atoms with Crippen LogP contribution in [0.25, 0.3) is 0 Å². The zero-order valence-corrected chi connectivity index (χ0v) is 18.2. The molecule has 0 radical (unpaired) electrons. The summed E-state index contributed by atoms with van der Waals surface area (Å²) in [5.74, 6) is -0.294. The lowest BCUT2D eigenvalue weighted by molar-refractivity contribution is -0.152. The fourth-order valence-electron chi connectivity index (χ4n) is 5.83. The van der Waals surface area contributed by atoms with Crippen LogP contribution in [0.2, 0.25) is 0 Å². The monoisotopic (exact) mass is 470 g/mol. The van der Waals surface area contributed by atoms with E-state index in [1.54, 1.807) is 11.0 Å². The Bertz CT molecular complexity index is 903. The lowest BCUT2D eigenvalue weighted by Crippen LogP contribution is -2.56. The number of anilines is 1. The zero-order chi connectivity index (χ0) is 23.4. The molecular formula is C22H29F3N4O4. The number of fused-ring (bicyclic) bond motifs is 2. The Kier molecular flexibility index (Phi) is 5.79. The first-order valence-corrected chi connectivity index (χ1v) is 11.5. The van der Waals surface area contributed by atoms with Gasteiger partial charge in [-0.3, -0.25) is 9.78 Å². The van der Waals surface area contributed by atoms with E-state index in [0.29, 0.717) is 51.1 Å². The number of pyridine rings is 1. The molecule has 8 nitrogen and oxygen atoms in total. The minimum absolute atomic E-state index is 0.0643. The molecule has 182 valence electrons. The number of aliphatic hydroxyl groups excluding tert-OH is 1. The number of alkyl halides is 3. The maximum absolute atomic E-state index is 13.3. The molecule has 1 aromatic heterocycles. The van der Waals surface area contributed by atoms with Crippen LogP contribution < -0.4 is 10.2 Å². The molecule has 1 aromatic rings. The number of piperazine rings is 1. The first kappa shape index (κ1) is 22.8. The summed E-state index contributed by atoms with van der Waals surface area (Å²) in [6, 6.07) is 2.22. The maximum Gasteiger partial charge on any atom is 0.433 e. The quantitative estimate of drug-likeness (QED) is 0.602. The molecule has 0 unspecified atom stereocenters. The van der Waals surface area contributed by atoms with Crippen molar-refractivity contribution in [3.05, 3.63) is 24.0 Å². The van der Waals surface area contributed by atoms with Crippen molar-refractivity contribution in [2.24, 2.45) is 0 Å². The fraction of sp³-hybridized carbons (Fsp3) is 0.727. The number of nitrogens with one attached hydrogen (secondary N) is 1. The highest BCUT2D eigenvalue weighted by Gasteiger charge is 2.53. The van der Waals surface area contributed by atoms with Gasteiger partial charge in [-0.2, -0.15) is 13.2 Å². The number of rotatable bonds is 4. The second-order valence-corrected chi connectivity index (χ2v) is 9.73. The number of nitrogens with zero attached hydrogens (tertiary/aromatic N) is 3. The van der Waals surface area contributed by atoms with Crippen LogP contribution in [-0.4, -0.2) is 88.2 Å². The van der Waals surface area contributed by atoms with Gasteiger partial charge in [0.15, 0.2) is 0 Å². The van der Waals surface area contributed by atoms with Gasteiger partial charge in [-0.15, -0.1) is 0 Å². The summed E-state index contributed by atoms with van der Waals surface area (Å²) < 4.78 is 44.4. The predicted octanol–water partition coefficient (Wildman–Crippen LogP) is 0.913. The Balaban J connectivity index is 1.21. The smallest absolute Gasteiger partial charge is 0.389 e. The van der Waals surface area contributed by atoms with Crippen LogP contribution in [0.4, 0.5) is 18.9 Å². The topological polar surface area (TPSA) is 98.2 Å². The highest BCUT2D eigenvalue weighted by molar-refractivity contribution is 5.86. The van der Waals surface area contributed by atoms with E-state index < -0.39 is 23.6 Å². The molecule has 3 N–H and O–H groups in total. The fourth-order valence-corrected chi connectivity index (χ4v) is 5.83. The standard InChI is InChI=1S/C22H29F3N4O4/c23-22(24,25)19-8-14(2-5-26-19)28-10-16-7-15(28)11-29(16)20(31)21(32)4-1-13(9-21)27-17-3-6-33-12-18(17)30/h2,5,8,13,15-18,27,30,32H,1,3-4,6-7,9-12H2/t13-,15+,16+,17+,18-,21-/m1/s1. The van der Waals surface area contributed by atoms with Crippen molar-refractivity contribution < 1.29 is 32.9 Å². The van der Waals surface area contributed by atoms with Gasteiger partial charge < -0.3 is 30.1 Å². The van der Waals surface area contributed by atoms with Crippen LogP contribution in [0.15, 0.2) is 18.3 Å². The summed E-state index contributed by atoms with van der Waals surface area (Å²) in [6.07, 6.45) is -1.33. The zero-order valence-electron chi connectivity index (χ0n) is 18.2. The summed E-state index contributed by atoms with van der Waals surface area (Å²) >= 11 is 0. The van der Waals surface area contributed by atoms with E-state index in [2.05, 4.69) is 10.3 Å². The van der Waals surface area contributed by atoms with Gasteiger partial charge in [0.25, 0.3) is 5.91 Å². The van der Waals surface area contributed by atoms with E-state index in [-0.39, 0.29) is 43.1 Å². The number of hydrogen-bond donors (Lipinski definition) is 3. The lowest BCUT2D eigenvalue weighted by Gasteiger charge is -2.38. The van der Waals surface area contributed by atoms with Crippen LogP contribution in [-0.2, 0) is 15.7 Å². The number of aromatic nitrogens is 1. The first-order valence-electron chi connectivity index (χ1n) is 11.5. The third-order valence-electron chi connectivity index (χ3n) is 7.53. The third-order valence-corrected chi connectivity index (χ3v) is 7.53. The summed E-state index contributed by atoms with van der Waals surface area (Å²) in [4.78, 5) is 20.3. The molecule has 2 bridgehead atoms. The van der Waals surface area contributed by atoms with Crippen molar-refractivity contribution in [3.8, 4) is 0 Å². The highest BCUT2D eigenvalue weighted by atomic mass is 19.4. The Morgan fingerprint density at radius 1 is 1.27 bits per heavy atom. The largest absolute Gasteiger partial charge is 0.433 e. The number of aliphatic hydroxyl groups is 2. The van der Waals surface area contributed by atoms with Gasteiger partial charge in [0.1, 0.15) is 11.3 Å². The molecule has 5 rings (SSSR count). The van der Waals surface area contributed by atoms with E-state index in [9.17, 15) is 28.2 Å². The van der Waals surface area contributed by atoms with E-state index in [0.717, 1.165) is 12.3 Å². The number of carbonyl (C=O) groups excluding carboxylic acids is 1. The SMILES string of the molecule is O=C(N1C[C@@H]2C[C@H]1CN2c1ccnc(C(F)(F)F)c1)[C@@]1(O)CC[C@@H](N[C@H]2CCOC[C@H]2O)C1. The minimum atomic E-state index is -4.51. The van der Waals surface area contributed by atoms with Gasteiger partial charge in [-0.05, 0) is 37.8 Å². The summed E-state index contributed by atoms with van der Waals surface area (Å²) in [5.41, 5.74) is -1.93. The number of hydrogen-bond acceptors (Lipinski definition) is 7. The number of halogens is 3. The van der Waals surface area contributed by atoms with Crippen LogP contribution in [0.5, 0.6) is 0 Å². The Morgan fingerprint density at radius 2 is 2.09 bits per heavy atom. The Hall–Kier alpha value is -1.95. The van der Waals surface area contributed by atoms with Crippen molar-refractivity contribution in [3.63, 3.8) is 0 Å². The second kappa shape index (κ2) is 8.37. The molecule has 4 fully saturated rings. The van der Waals surface area contributed by atoms with Crippen LogP contribution in [0.1, 0.15) is 37.8 Å². The summed E-state index contributed by atoms with van der Waals surface area (Å²) in [5, 5.41) is 24.6. The van der Waals surface area contributed by atoms with Crippen molar-refractivity contribution in [2.75, 3.05) is 31.2 Å². The van der Waals surface area contributed by atoms with E-state index >= 15 is 0 Å². The Morgan fingerprint density at radius 3 is 2.79 bits per heavy atom. The molecule has 11 heteroatoms. The molecular weight excluding hydrogens is 441 g/mol. The Labute approximate surface area is 189 Å². The van der Waals surface area contributed by atoms with Crippen LogP contribution in [0.3, 0.4) is 0 Å². The van der Waals surface area contributed by atoms with Gasteiger partial charge in [0.2, 0.25) is 0 Å². The van der Waals surface area contributed by atoms with Gasteiger partial charge in [0.05, 0.1) is 18.8 Å². The highest BCUT2D eigenvalue weighted by Crippen LogP contribution is 2.40. The molecule has 4 aliphatic rings. The van der Waals surface area contributed by atoms with Crippen molar-refractivity contribution in [1.29, 1.82) is 0 Å². The minimum Gasteiger partial charge on any atom is -0.389 e. The number of ether oxygens (including phenoxy) is 1. The molecule has 3 saturated heterocycles. The van der Waals surface area contributed by atoms with Gasteiger partial charge in [0, 0.05) is 56.1 Å². The average molecular weight is 470 g/mol. The van der Waals surface area contributed by atoms with E-state index in [1.807, 2.05) is 4.90 Å². The second-order valence-electron chi connectivity index (χ2n) is 9.73. The van der Waals surface area contributed by atoms with Gasteiger partial charge in [-0.25, -0.2) is 0 Å². The third kappa shape index (κ3) is 4.31. The van der Waals surface area contributed by atoms with Crippen LogP contribution >= 0.6 is 0 Å². The lowest BCUT2D eigenvalue weighted by atomic mass is 9.98. The predicted molar refractivity (Wildman–Crippen MR) is 111 cm³/mol. The molecule has 0 aromatic carbocycles. The number of likely N-dealkylation sites (tertiary alicyclic amines) is 1. The molecule has 0 spiro atoms. The maximum atomic E-state index is 13.3. The van der Waals surface area contributed by atoms with Gasteiger partial charge >= 0.3 is 6.18 Å².